The highest BCUT2D eigenvalue weighted by molar-refractivity contribution is 8.18. The van der Waals surface area contributed by atoms with Crippen LogP contribution in [0.2, 0.25) is 10.0 Å². The van der Waals surface area contributed by atoms with E-state index in [2.05, 4.69) is 0 Å². The molecule has 0 radical (unpaired) electrons. The number of imide groups is 1. The lowest BCUT2D eigenvalue weighted by Gasteiger charge is -2.19. The van der Waals surface area contributed by atoms with Crippen molar-refractivity contribution in [2.45, 2.75) is 26.8 Å². The molecule has 1 heterocycles. The molecule has 1 saturated heterocycles. The molecule has 162 valence electrons. The topological polar surface area (TPSA) is 99.2 Å². The van der Waals surface area contributed by atoms with Crippen LogP contribution in [0.1, 0.15) is 26.3 Å². The second-order valence-corrected chi connectivity index (χ2v) is 7.69. The lowest BCUT2D eigenvalue weighted by Crippen LogP contribution is -2.42. The first-order valence-corrected chi connectivity index (χ1v) is 10.5. The van der Waals surface area contributed by atoms with Crippen molar-refractivity contribution in [3.05, 3.63) is 32.6 Å². The highest BCUT2D eigenvalue weighted by Crippen LogP contribution is 2.38. The van der Waals surface area contributed by atoms with Crippen molar-refractivity contribution in [2.75, 3.05) is 19.8 Å². The normalized spacial score (nSPS) is 16.0. The summed E-state index contributed by atoms with van der Waals surface area (Å²) in [5.74, 6) is -1.78. The average molecular weight is 476 g/mol. The van der Waals surface area contributed by atoms with Crippen LogP contribution in [0.25, 0.3) is 6.08 Å². The van der Waals surface area contributed by atoms with Crippen molar-refractivity contribution < 1.29 is 33.4 Å². The number of halogens is 2. The molecule has 1 atom stereocenters. The summed E-state index contributed by atoms with van der Waals surface area (Å²) in [5.41, 5.74) is 0.433. The average Bonchev–Trinajstić information content (AvgIpc) is 2.94. The Bertz CT molecular complexity index is 880. The minimum atomic E-state index is -1.05. The minimum Gasteiger partial charge on any atom is -0.479 e. The number of esters is 2. The molecule has 1 fully saturated rings. The molecular weight excluding hydrogens is 457 g/mol. The Morgan fingerprint density at radius 2 is 1.73 bits per heavy atom. The summed E-state index contributed by atoms with van der Waals surface area (Å²) in [4.78, 5) is 49.1. The van der Waals surface area contributed by atoms with E-state index < -0.39 is 29.1 Å². The van der Waals surface area contributed by atoms with Gasteiger partial charge in [-0.15, -0.1) is 0 Å². The summed E-state index contributed by atoms with van der Waals surface area (Å²) in [5, 5.41) is -0.368. The molecule has 0 saturated carbocycles. The first kappa shape index (κ1) is 24.0. The lowest BCUT2D eigenvalue weighted by molar-refractivity contribution is -0.150. The molecule has 0 spiro atoms. The Balaban J connectivity index is 2.20. The number of benzene rings is 1. The fourth-order valence-corrected chi connectivity index (χ4v) is 3.99. The molecule has 1 aliphatic rings. The molecule has 30 heavy (non-hydrogen) atoms. The van der Waals surface area contributed by atoms with Gasteiger partial charge in [0.2, 0.25) is 0 Å². The van der Waals surface area contributed by atoms with E-state index in [9.17, 15) is 19.2 Å². The fourth-order valence-electron chi connectivity index (χ4n) is 2.47. The Kier molecular flexibility index (Phi) is 8.57. The third-order valence-electron chi connectivity index (χ3n) is 3.80. The van der Waals surface area contributed by atoms with Gasteiger partial charge in [-0.2, -0.15) is 0 Å². The zero-order valence-electron chi connectivity index (χ0n) is 16.4. The summed E-state index contributed by atoms with van der Waals surface area (Å²) in [7, 11) is 0. The molecule has 0 aromatic heterocycles. The Morgan fingerprint density at radius 1 is 1.13 bits per heavy atom. The molecule has 1 aliphatic heterocycles. The van der Waals surface area contributed by atoms with Crippen LogP contribution in [-0.2, 0) is 23.9 Å². The molecule has 1 aromatic carbocycles. The predicted octanol–water partition coefficient (Wildman–Crippen LogP) is 3.92. The van der Waals surface area contributed by atoms with E-state index in [1.54, 1.807) is 13.8 Å². The number of carbonyl (C=O) groups is 4. The number of carbonyl (C=O) groups excluding carboxylic acids is 4. The van der Waals surface area contributed by atoms with E-state index in [0.29, 0.717) is 17.3 Å². The van der Waals surface area contributed by atoms with Crippen LogP contribution in [0, 0.1) is 0 Å². The fraction of sp³-hybridized carbons (Fsp3) is 0.368. The van der Waals surface area contributed by atoms with Gasteiger partial charge in [-0.1, -0.05) is 23.2 Å². The number of amides is 2. The van der Waals surface area contributed by atoms with Crippen molar-refractivity contribution in [1.82, 2.24) is 4.90 Å². The van der Waals surface area contributed by atoms with E-state index in [0.717, 1.165) is 4.90 Å². The maximum Gasteiger partial charge on any atom is 0.344 e. The van der Waals surface area contributed by atoms with Crippen LogP contribution in [0.5, 0.6) is 5.75 Å². The minimum absolute atomic E-state index is 0.0903. The number of hydrogen-bond acceptors (Lipinski definition) is 8. The first-order valence-electron chi connectivity index (χ1n) is 8.90. The van der Waals surface area contributed by atoms with Gasteiger partial charge >= 0.3 is 11.9 Å². The van der Waals surface area contributed by atoms with Crippen LogP contribution in [-0.4, -0.2) is 53.8 Å². The Labute approximate surface area is 187 Å². The van der Waals surface area contributed by atoms with Gasteiger partial charge in [0.25, 0.3) is 11.1 Å². The zero-order chi connectivity index (χ0) is 22.4. The van der Waals surface area contributed by atoms with Crippen molar-refractivity contribution in [2.24, 2.45) is 0 Å². The maximum absolute atomic E-state index is 12.6. The van der Waals surface area contributed by atoms with Gasteiger partial charge in [0.15, 0.2) is 12.4 Å². The van der Waals surface area contributed by atoms with Crippen LogP contribution in [0.4, 0.5) is 4.79 Å². The summed E-state index contributed by atoms with van der Waals surface area (Å²) >= 11 is 13.0. The molecule has 8 nitrogen and oxygen atoms in total. The van der Waals surface area contributed by atoms with E-state index in [1.165, 1.54) is 25.1 Å². The quantitative estimate of drug-likeness (QED) is 0.411. The van der Waals surface area contributed by atoms with Crippen molar-refractivity contribution in [3.63, 3.8) is 0 Å². The van der Waals surface area contributed by atoms with Crippen LogP contribution < -0.4 is 4.74 Å². The SMILES string of the molecule is CCOC(=O)COc1c(Cl)cc(/C=C2\SC(=O)N([C@H](C)C(=O)OCC)C2=O)cc1Cl. The summed E-state index contributed by atoms with van der Waals surface area (Å²) in [6, 6.07) is 1.89. The molecular formula is C19H19Cl2NO7S. The molecule has 11 heteroatoms. The van der Waals surface area contributed by atoms with Gasteiger partial charge in [0.05, 0.1) is 28.2 Å². The Morgan fingerprint density at radius 3 is 2.30 bits per heavy atom. The maximum atomic E-state index is 12.6. The Hall–Kier alpha value is -2.23. The third-order valence-corrected chi connectivity index (χ3v) is 5.24. The molecule has 1 aromatic rings. The highest BCUT2D eigenvalue weighted by Gasteiger charge is 2.41. The van der Waals surface area contributed by atoms with Crippen molar-refractivity contribution in [3.8, 4) is 5.75 Å². The van der Waals surface area contributed by atoms with Gasteiger partial charge in [-0.25, -0.2) is 9.59 Å². The van der Waals surface area contributed by atoms with Gasteiger partial charge in [0, 0.05) is 0 Å². The standard InChI is InChI=1S/C19H19Cl2NO7S/c1-4-27-15(23)9-29-16-12(20)6-11(7-13(16)21)8-14-17(24)22(19(26)30-14)10(3)18(25)28-5-2/h6-8,10H,4-5,9H2,1-3H3/b14-8-/t10-/m1/s1. The number of nitrogens with zero attached hydrogens (tertiary/aromatic N) is 1. The van der Waals surface area contributed by atoms with Gasteiger partial charge in [0.1, 0.15) is 6.04 Å². The second kappa shape index (κ2) is 10.7. The van der Waals surface area contributed by atoms with E-state index in [1.807, 2.05) is 0 Å². The summed E-state index contributed by atoms with van der Waals surface area (Å²) < 4.78 is 14.9. The van der Waals surface area contributed by atoms with Crippen LogP contribution in [0.15, 0.2) is 17.0 Å². The monoisotopic (exact) mass is 475 g/mol. The number of hydrogen-bond donors (Lipinski definition) is 0. The van der Waals surface area contributed by atoms with Crippen molar-refractivity contribution in [1.29, 1.82) is 0 Å². The first-order chi connectivity index (χ1) is 14.2. The van der Waals surface area contributed by atoms with Gasteiger partial charge in [-0.05, 0) is 56.3 Å². The van der Waals surface area contributed by atoms with E-state index in [4.69, 9.17) is 37.4 Å². The zero-order valence-corrected chi connectivity index (χ0v) is 18.7. The van der Waals surface area contributed by atoms with Crippen molar-refractivity contribution >= 4 is 64.1 Å². The van der Waals surface area contributed by atoms with Crippen LogP contribution >= 0.6 is 35.0 Å². The predicted molar refractivity (Wildman–Crippen MR) is 112 cm³/mol. The van der Waals surface area contributed by atoms with Gasteiger partial charge < -0.3 is 14.2 Å². The van der Waals surface area contributed by atoms with E-state index in [-0.39, 0.29) is 40.5 Å². The molecule has 0 N–H and O–H groups in total. The molecule has 0 bridgehead atoms. The number of thioether (sulfide) groups is 1. The number of rotatable bonds is 8. The summed E-state index contributed by atoms with van der Waals surface area (Å²) in [6.45, 7) is 4.70. The lowest BCUT2D eigenvalue weighted by atomic mass is 10.2. The largest absolute Gasteiger partial charge is 0.479 e. The second-order valence-electron chi connectivity index (χ2n) is 5.89. The third kappa shape index (κ3) is 5.68. The van der Waals surface area contributed by atoms with Gasteiger partial charge in [-0.3, -0.25) is 14.5 Å². The molecule has 2 rings (SSSR count). The van der Waals surface area contributed by atoms with E-state index >= 15 is 0 Å². The molecule has 0 unspecified atom stereocenters. The molecule has 0 aliphatic carbocycles. The summed E-state index contributed by atoms with van der Waals surface area (Å²) in [6.07, 6.45) is 1.43. The van der Waals surface area contributed by atoms with Crippen LogP contribution in [0.3, 0.4) is 0 Å². The number of ether oxygens (including phenoxy) is 3. The smallest absolute Gasteiger partial charge is 0.344 e. The molecule has 2 amide bonds. The highest BCUT2D eigenvalue weighted by atomic mass is 35.5.